The first-order valence-corrected chi connectivity index (χ1v) is 11.6. The lowest BCUT2D eigenvalue weighted by molar-refractivity contribution is -0.125. The molecular formula is C27H23F3N4O3. The van der Waals surface area contributed by atoms with Gasteiger partial charge in [-0.3, -0.25) is 14.5 Å². The number of amides is 1. The number of alkyl halides is 2. The Morgan fingerprint density at radius 3 is 2.62 bits per heavy atom. The summed E-state index contributed by atoms with van der Waals surface area (Å²) in [5.41, 5.74) is 1.18. The van der Waals surface area contributed by atoms with Crippen molar-refractivity contribution in [2.24, 2.45) is 0 Å². The predicted molar refractivity (Wildman–Crippen MR) is 131 cm³/mol. The van der Waals surface area contributed by atoms with E-state index >= 15 is 0 Å². The van der Waals surface area contributed by atoms with Gasteiger partial charge in [0, 0.05) is 36.4 Å². The maximum absolute atomic E-state index is 14.5. The second kappa shape index (κ2) is 9.96. The Morgan fingerprint density at radius 1 is 1.16 bits per heavy atom. The molecule has 190 valence electrons. The lowest BCUT2D eigenvalue weighted by atomic mass is 10.1. The molecule has 4 aromatic rings. The Kier molecular flexibility index (Phi) is 6.56. The molecule has 1 amide bonds. The van der Waals surface area contributed by atoms with Crippen molar-refractivity contribution in [3.05, 3.63) is 78.9 Å². The predicted octanol–water partition coefficient (Wildman–Crippen LogP) is 5.94. The number of carbonyl (C=O) groups excluding carboxylic acids is 1. The summed E-state index contributed by atoms with van der Waals surface area (Å²) in [6.07, 6.45) is 1.72. The number of benzene rings is 2. The summed E-state index contributed by atoms with van der Waals surface area (Å²) in [5.74, 6) is -0.385. The smallest absolute Gasteiger partial charge is 0.267 e. The van der Waals surface area contributed by atoms with Crippen molar-refractivity contribution in [1.82, 2.24) is 19.7 Å². The normalized spacial score (nSPS) is 15.4. The summed E-state index contributed by atoms with van der Waals surface area (Å²) in [6.45, 7) is 4.34. The molecule has 10 heteroatoms. The number of pyridine rings is 1. The maximum atomic E-state index is 14.5. The van der Waals surface area contributed by atoms with E-state index in [1.165, 1.54) is 31.5 Å². The highest BCUT2D eigenvalue weighted by Gasteiger charge is 2.31. The number of methoxy groups -OCH3 is 1. The van der Waals surface area contributed by atoms with Crippen LogP contribution in [0.15, 0.2) is 67.5 Å². The number of fused-ring (bicyclic) bond motifs is 1. The first-order valence-electron chi connectivity index (χ1n) is 11.6. The van der Waals surface area contributed by atoms with E-state index in [1.807, 2.05) is 0 Å². The van der Waals surface area contributed by atoms with Gasteiger partial charge in [-0.1, -0.05) is 12.6 Å². The molecule has 2 aromatic carbocycles. The molecule has 1 aliphatic rings. The molecule has 0 N–H and O–H groups in total. The van der Waals surface area contributed by atoms with Crippen LogP contribution < -0.4 is 9.47 Å². The minimum Gasteiger partial charge on any atom is -0.494 e. The van der Waals surface area contributed by atoms with Crippen molar-refractivity contribution < 1.29 is 27.4 Å². The van der Waals surface area contributed by atoms with Gasteiger partial charge < -0.3 is 14.4 Å². The Hall–Kier alpha value is -4.34. The molecule has 0 saturated carbocycles. The van der Waals surface area contributed by atoms with Crippen LogP contribution in [-0.4, -0.2) is 45.8 Å². The van der Waals surface area contributed by atoms with Crippen LogP contribution in [0, 0.1) is 5.82 Å². The van der Waals surface area contributed by atoms with Gasteiger partial charge in [0.25, 0.3) is 6.43 Å². The molecule has 2 aromatic heterocycles. The molecule has 0 aliphatic carbocycles. The van der Waals surface area contributed by atoms with Gasteiger partial charge in [0.2, 0.25) is 11.7 Å². The van der Waals surface area contributed by atoms with E-state index in [0.29, 0.717) is 41.9 Å². The van der Waals surface area contributed by atoms with Crippen LogP contribution in [-0.2, 0) is 4.79 Å². The Morgan fingerprint density at radius 2 is 1.92 bits per heavy atom. The largest absolute Gasteiger partial charge is 0.494 e. The highest BCUT2D eigenvalue weighted by Crippen LogP contribution is 2.38. The third kappa shape index (κ3) is 4.50. The Labute approximate surface area is 210 Å². The SMILES string of the molecule is C=CC(=O)N1CCC(n2nc(-c3ccc(Oc4cccc(OC)c4F)cc3)c3cncc(C(F)F)c32)C1. The molecule has 7 nitrogen and oxygen atoms in total. The van der Waals surface area contributed by atoms with E-state index in [4.69, 9.17) is 14.6 Å². The summed E-state index contributed by atoms with van der Waals surface area (Å²) in [7, 11) is 1.37. The van der Waals surface area contributed by atoms with Gasteiger partial charge in [0.15, 0.2) is 11.5 Å². The molecule has 5 rings (SSSR count). The summed E-state index contributed by atoms with van der Waals surface area (Å²) in [6, 6.07) is 11.0. The third-order valence-electron chi connectivity index (χ3n) is 6.37. The molecule has 3 heterocycles. The minimum atomic E-state index is -2.75. The van der Waals surface area contributed by atoms with E-state index < -0.39 is 12.2 Å². The average molecular weight is 509 g/mol. The van der Waals surface area contributed by atoms with E-state index in [0.717, 1.165) is 6.20 Å². The lowest BCUT2D eigenvalue weighted by Crippen LogP contribution is -2.27. The van der Waals surface area contributed by atoms with Crippen LogP contribution in [0.4, 0.5) is 13.2 Å². The second-order valence-electron chi connectivity index (χ2n) is 8.55. The molecule has 1 unspecified atom stereocenters. The number of ether oxygens (including phenoxy) is 2. The van der Waals surface area contributed by atoms with Crippen molar-refractivity contribution in [1.29, 1.82) is 0 Å². The Bertz CT molecular complexity index is 1470. The molecule has 1 aliphatic heterocycles. The summed E-state index contributed by atoms with van der Waals surface area (Å²) in [4.78, 5) is 17.7. The van der Waals surface area contributed by atoms with E-state index in [9.17, 15) is 18.0 Å². The van der Waals surface area contributed by atoms with Crippen molar-refractivity contribution in [3.63, 3.8) is 0 Å². The van der Waals surface area contributed by atoms with Crippen LogP contribution >= 0.6 is 0 Å². The second-order valence-corrected chi connectivity index (χ2v) is 8.55. The number of halogens is 3. The molecule has 0 radical (unpaired) electrons. The third-order valence-corrected chi connectivity index (χ3v) is 6.37. The standard InChI is InChI=1S/C27H23F3N4O3/c1-3-23(35)33-12-11-17(15-33)34-26-19(13-31-14-20(26)27(29)30)25(32-34)16-7-9-18(10-8-16)37-22-6-4-5-21(36-2)24(22)28/h3-10,13-14,17,27H,1,11-12,15H2,2H3. The van der Waals surface area contributed by atoms with Gasteiger partial charge in [-0.05, 0) is 48.9 Å². The molecule has 1 saturated heterocycles. The van der Waals surface area contributed by atoms with Gasteiger partial charge in [-0.2, -0.15) is 9.49 Å². The first-order chi connectivity index (χ1) is 17.9. The zero-order valence-corrected chi connectivity index (χ0v) is 19.9. The van der Waals surface area contributed by atoms with Gasteiger partial charge in [-0.25, -0.2) is 8.78 Å². The number of rotatable bonds is 7. The van der Waals surface area contributed by atoms with Crippen molar-refractivity contribution in [2.75, 3.05) is 20.2 Å². The van der Waals surface area contributed by atoms with Crippen molar-refractivity contribution in [2.45, 2.75) is 18.9 Å². The van der Waals surface area contributed by atoms with Gasteiger partial charge in [0.05, 0.1) is 24.2 Å². The highest BCUT2D eigenvalue weighted by atomic mass is 19.3. The fourth-order valence-corrected chi connectivity index (χ4v) is 4.55. The van der Waals surface area contributed by atoms with Crippen LogP contribution in [0.25, 0.3) is 22.2 Å². The van der Waals surface area contributed by atoms with Crippen LogP contribution in [0.5, 0.6) is 17.2 Å². The topological polar surface area (TPSA) is 69.5 Å². The highest BCUT2D eigenvalue weighted by molar-refractivity contribution is 5.95. The molecule has 1 fully saturated rings. The van der Waals surface area contributed by atoms with E-state index in [-0.39, 0.29) is 34.5 Å². The summed E-state index contributed by atoms with van der Waals surface area (Å²) in [5, 5.41) is 5.19. The number of aromatic nitrogens is 3. The average Bonchev–Trinajstić information content (AvgIpc) is 3.55. The van der Waals surface area contributed by atoms with E-state index in [1.54, 1.807) is 39.9 Å². The molecule has 0 bridgehead atoms. The van der Waals surface area contributed by atoms with Gasteiger partial charge in [0.1, 0.15) is 11.4 Å². The number of hydrogen-bond donors (Lipinski definition) is 0. The molecule has 0 spiro atoms. The zero-order valence-electron chi connectivity index (χ0n) is 19.9. The van der Waals surface area contributed by atoms with E-state index in [2.05, 4.69) is 11.6 Å². The summed E-state index contributed by atoms with van der Waals surface area (Å²) < 4.78 is 54.6. The van der Waals surface area contributed by atoms with Crippen LogP contribution in [0.2, 0.25) is 0 Å². The van der Waals surface area contributed by atoms with Crippen molar-refractivity contribution in [3.8, 4) is 28.5 Å². The number of carbonyl (C=O) groups is 1. The monoisotopic (exact) mass is 508 g/mol. The number of hydrogen-bond acceptors (Lipinski definition) is 5. The quantitative estimate of drug-likeness (QED) is 0.289. The fraction of sp³-hybridized carbons (Fsp3) is 0.222. The Balaban J connectivity index is 1.51. The number of nitrogens with zero attached hydrogens (tertiary/aromatic N) is 4. The van der Waals surface area contributed by atoms with Gasteiger partial charge in [-0.15, -0.1) is 0 Å². The van der Waals surface area contributed by atoms with Gasteiger partial charge >= 0.3 is 0 Å². The first kappa shape index (κ1) is 24.4. The zero-order chi connectivity index (χ0) is 26.1. The van der Waals surface area contributed by atoms with Crippen LogP contribution in [0.3, 0.4) is 0 Å². The maximum Gasteiger partial charge on any atom is 0.267 e. The fourth-order valence-electron chi connectivity index (χ4n) is 4.55. The lowest BCUT2D eigenvalue weighted by Gasteiger charge is -2.16. The van der Waals surface area contributed by atoms with Crippen LogP contribution in [0.1, 0.15) is 24.5 Å². The molecule has 37 heavy (non-hydrogen) atoms. The van der Waals surface area contributed by atoms with Crippen molar-refractivity contribution >= 4 is 16.8 Å². The summed E-state index contributed by atoms with van der Waals surface area (Å²) >= 11 is 0. The molecular weight excluding hydrogens is 485 g/mol. The number of likely N-dealkylation sites (tertiary alicyclic amines) is 1. The minimum absolute atomic E-state index is 0.00691. The molecule has 1 atom stereocenters.